The van der Waals surface area contributed by atoms with Crippen LogP contribution in [0.4, 0.5) is 0 Å². The highest BCUT2D eigenvalue weighted by molar-refractivity contribution is 7.89. The highest BCUT2D eigenvalue weighted by Crippen LogP contribution is 2.15. The molecule has 0 saturated heterocycles. The summed E-state index contributed by atoms with van der Waals surface area (Å²) in [5.74, 6) is 0.213. The maximum absolute atomic E-state index is 12.4. The molecule has 0 spiro atoms. The third-order valence-corrected chi connectivity index (χ3v) is 4.73. The van der Waals surface area contributed by atoms with Crippen molar-refractivity contribution in [2.24, 2.45) is 18.7 Å². The Balaban J connectivity index is 2.97. The predicted octanol–water partition coefficient (Wildman–Crippen LogP) is 0.348. The van der Waals surface area contributed by atoms with E-state index in [1.165, 1.54) is 0 Å². The Labute approximate surface area is 122 Å². The van der Waals surface area contributed by atoms with E-state index in [2.05, 4.69) is 4.72 Å². The lowest BCUT2D eigenvalue weighted by atomic mass is 10.1. The highest BCUT2D eigenvalue weighted by atomic mass is 32.2. The van der Waals surface area contributed by atoms with Crippen LogP contribution in [0.25, 0.3) is 0 Å². The first-order chi connectivity index (χ1) is 9.17. The summed E-state index contributed by atoms with van der Waals surface area (Å²) in [6.07, 6.45) is 1.59. The van der Waals surface area contributed by atoms with Gasteiger partial charge in [-0.15, -0.1) is 0 Å². The van der Waals surface area contributed by atoms with Gasteiger partial charge in [-0.2, -0.15) is 0 Å². The summed E-state index contributed by atoms with van der Waals surface area (Å²) in [6.45, 7) is 4.99. The number of hydrogen-bond donors (Lipinski definition) is 2. The molecule has 6 nitrogen and oxygen atoms in total. The Kier molecular flexibility index (Phi) is 5.76. The molecule has 7 heteroatoms. The minimum atomic E-state index is -3.51. The molecular formula is C13H26N4O2S. The molecule has 1 aromatic rings. The lowest BCUT2D eigenvalue weighted by Gasteiger charge is -2.25. The van der Waals surface area contributed by atoms with Gasteiger partial charge in [-0.3, -0.25) is 0 Å². The Bertz CT molecular complexity index is 535. The molecule has 1 heterocycles. The molecule has 0 aromatic carbocycles. The first-order valence-electron chi connectivity index (χ1n) is 6.69. The van der Waals surface area contributed by atoms with E-state index in [0.29, 0.717) is 13.1 Å². The molecule has 1 rings (SSSR count). The molecule has 1 aromatic heterocycles. The lowest BCUT2D eigenvalue weighted by molar-refractivity contribution is 0.314. The molecule has 0 radical (unpaired) electrons. The van der Waals surface area contributed by atoms with E-state index in [0.717, 1.165) is 5.69 Å². The molecule has 3 N–H and O–H groups in total. The van der Waals surface area contributed by atoms with Crippen molar-refractivity contribution in [1.82, 2.24) is 14.2 Å². The van der Waals surface area contributed by atoms with Crippen LogP contribution in [0.15, 0.2) is 17.2 Å². The topological polar surface area (TPSA) is 80.4 Å². The van der Waals surface area contributed by atoms with Crippen molar-refractivity contribution in [2.75, 3.05) is 20.6 Å². The third-order valence-electron chi connectivity index (χ3n) is 3.28. The molecule has 1 unspecified atom stereocenters. The second kappa shape index (κ2) is 6.71. The van der Waals surface area contributed by atoms with Crippen LogP contribution in [0.3, 0.4) is 0 Å². The van der Waals surface area contributed by atoms with E-state index in [1.807, 2.05) is 32.8 Å². The quantitative estimate of drug-likeness (QED) is 0.761. The highest BCUT2D eigenvalue weighted by Gasteiger charge is 2.24. The van der Waals surface area contributed by atoms with E-state index in [1.54, 1.807) is 23.9 Å². The summed E-state index contributed by atoms with van der Waals surface area (Å²) in [7, 11) is 2.14. The third kappa shape index (κ3) is 4.31. The molecule has 1 atom stereocenters. The normalized spacial score (nSPS) is 14.2. The monoisotopic (exact) mass is 302 g/mol. The number of rotatable bonds is 7. The molecule has 0 saturated carbocycles. The van der Waals surface area contributed by atoms with Gasteiger partial charge >= 0.3 is 0 Å². The predicted molar refractivity (Wildman–Crippen MR) is 80.8 cm³/mol. The van der Waals surface area contributed by atoms with E-state index in [9.17, 15) is 8.42 Å². The second-order valence-corrected chi connectivity index (χ2v) is 7.43. The minimum absolute atomic E-state index is 0.128. The number of nitrogens with zero attached hydrogens (tertiary/aromatic N) is 2. The molecule has 0 aliphatic carbocycles. The standard InChI is InChI=1S/C13H26N4O2S/c1-10(2)13(9-16(3)4)15-20(18,19)12-6-11(7-14)17(5)8-12/h6,8,10,13,15H,7,9,14H2,1-5H3. The van der Waals surface area contributed by atoms with Crippen LogP contribution in [0.5, 0.6) is 0 Å². The zero-order valence-corrected chi connectivity index (χ0v) is 13.7. The summed E-state index contributed by atoms with van der Waals surface area (Å²) in [6, 6.07) is 1.49. The van der Waals surface area contributed by atoms with Crippen LogP contribution in [0.1, 0.15) is 19.5 Å². The Morgan fingerprint density at radius 2 is 2.00 bits per heavy atom. The number of aromatic nitrogens is 1. The van der Waals surface area contributed by atoms with Crippen LogP contribution in [0.2, 0.25) is 0 Å². The van der Waals surface area contributed by atoms with Crippen molar-refractivity contribution < 1.29 is 8.42 Å². The first-order valence-corrected chi connectivity index (χ1v) is 8.18. The van der Waals surface area contributed by atoms with E-state index in [4.69, 9.17) is 5.73 Å². The zero-order chi connectivity index (χ0) is 15.5. The maximum Gasteiger partial charge on any atom is 0.242 e. The Morgan fingerprint density at radius 1 is 1.40 bits per heavy atom. The fourth-order valence-electron chi connectivity index (χ4n) is 1.97. The molecule has 0 aliphatic heterocycles. The lowest BCUT2D eigenvalue weighted by Crippen LogP contribution is -2.44. The maximum atomic E-state index is 12.4. The second-order valence-electron chi connectivity index (χ2n) is 5.72. The Morgan fingerprint density at radius 3 is 2.40 bits per heavy atom. The Hall–Kier alpha value is -0.890. The van der Waals surface area contributed by atoms with Gasteiger partial charge in [0.1, 0.15) is 0 Å². The van der Waals surface area contributed by atoms with Crippen LogP contribution in [0, 0.1) is 5.92 Å². The van der Waals surface area contributed by atoms with E-state index in [-0.39, 0.29) is 16.9 Å². The van der Waals surface area contributed by atoms with Crippen molar-refractivity contribution in [3.05, 3.63) is 18.0 Å². The average molecular weight is 302 g/mol. The van der Waals surface area contributed by atoms with Crippen LogP contribution >= 0.6 is 0 Å². The largest absolute Gasteiger partial charge is 0.352 e. The van der Waals surface area contributed by atoms with Gasteiger partial charge in [-0.1, -0.05) is 13.8 Å². The fourth-order valence-corrected chi connectivity index (χ4v) is 3.44. The fraction of sp³-hybridized carbons (Fsp3) is 0.692. The zero-order valence-electron chi connectivity index (χ0n) is 12.9. The molecular weight excluding hydrogens is 276 g/mol. The number of aryl methyl sites for hydroxylation is 1. The average Bonchev–Trinajstić information content (AvgIpc) is 2.69. The number of nitrogens with two attached hydrogens (primary N) is 1. The van der Waals surface area contributed by atoms with Crippen molar-refractivity contribution in [3.63, 3.8) is 0 Å². The van der Waals surface area contributed by atoms with Crippen molar-refractivity contribution in [1.29, 1.82) is 0 Å². The first kappa shape index (κ1) is 17.2. The van der Waals surface area contributed by atoms with Gasteiger partial charge < -0.3 is 15.2 Å². The molecule has 0 bridgehead atoms. The SMILES string of the molecule is CC(C)C(CN(C)C)NS(=O)(=O)c1cc(CN)n(C)c1. The van der Waals surface area contributed by atoms with E-state index < -0.39 is 10.0 Å². The molecule has 116 valence electrons. The van der Waals surface area contributed by atoms with Crippen molar-refractivity contribution in [3.8, 4) is 0 Å². The van der Waals surface area contributed by atoms with Gasteiger partial charge in [-0.25, -0.2) is 13.1 Å². The van der Waals surface area contributed by atoms with Crippen LogP contribution in [-0.4, -0.2) is 44.6 Å². The van der Waals surface area contributed by atoms with Gasteiger partial charge in [0.2, 0.25) is 10.0 Å². The number of sulfonamides is 1. The molecule has 0 aliphatic rings. The van der Waals surface area contributed by atoms with Gasteiger partial charge in [0.15, 0.2) is 0 Å². The number of likely N-dealkylation sites (N-methyl/N-ethyl adjacent to an activating group) is 1. The molecule has 20 heavy (non-hydrogen) atoms. The van der Waals surface area contributed by atoms with Crippen LogP contribution < -0.4 is 10.5 Å². The van der Waals surface area contributed by atoms with Crippen molar-refractivity contribution in [2.45, 2.75) is 31.3 Å². The van der Waals surface area contributed by atoms with Crippen molar-refractivity contribution >= 4 is 10.0 Å². The summed E-state index contributed by atoms with van der Waals surface area (Å²) in [4.78, 5) is 2.24. The smallest absolute Gasteiger partial charge is 0.242 e. The van der Waals surface area contributed by atoms with Gasteiger partial charge in [-0.05, 0) is 26.1 Å². The summed E-state index contributed by atoms with van der Waals surface area (Å²) < 4.78 is 29.4. The van der Waals surface area contributed by atoms with Crippen LogP contribution in [-0.2, 0) is 23.6 Å². The summed E-state index contributed by atoms with van der Waals surface area (Å²) in [5, 5.41) is 0. The molecule has 0 amide bonds. The van der Waals surface area contributed by atoms with E-state index >= 15 is 0 Å². The summed E-state index contributed by atoms with van der Waals surface area (Å²) in [5.41, 5.74) is 6.37. The number of hydrogen-bond acceptors (Lipinski definition) is 4. The minimum Gasteiger partial charge on any atom is -0.352 e. The van der Waals surface area contributed by atoms with Gasteiger partial charge in [0.25, 0.3) is 0 Å². The van der Waals surface area contributed by atoms with Gasteiger partial charge in [0.05, 0.1) is 4.90 Å². The molecule has 0 fully saturated rings. The number of nitrogens with one attached hydrogen (secondary N) is 1. The van der Waals surface area contributed by atoms with Gasteiger partial charge in [0, 0.05) is 38.1 Å². The summed E-state index contributed by atoms with van der Waals surface area (Å²) >= 11 is 0.